The van der Waals surface area contributed by atoms with Crippen LogP contribution in [0.3, 0.4) is 0 Å². The van der Waals surface area contributed by atoms with Crippen LogP contribution in [0.2, 0.25) is 5.02 Å². The minimum atomic E-state index is -0.962. The first-order valence-electron chi connectivity index (χ1n) is 23.4. The first-order chi connectivity index (χ1) is 32.1. The Morgan fingerprint density at radius 2 is 1.50 bits per heavy atom. The molecule has 1 aliphatic carbocycles. The van der Waals surface area contributed by atoms with E-state index in [4.69, 9.17) is 16.3 Å². The zero-order valence-electron chi connectivity index (χ0n) is 36.8. The highest BCUT2D eigenvalue weighted by Gasteiger charge is 2.45. The highest BCUT2D eigenvalue weighted by molar-refractivity contribution is 6.36. The van der Waals surface area contributed by atoms with Crippen molar-refractivity contribution in [3.05, 3.63) is 107 Å². The van der Waals surface area contributed by atoms with E-state index in [2.05, 4.69) is 40.7 Å². The van der Waals surface area contributed by atoms with Crippen molar-refractivity contribution >= 4 is 63.6 Å². The lowest BCUT2D eigenvalue weighted by atomic mass is 9.89. The summed E-state index contributed by atoms with van der Waals surface area (Å²) in [5.74, 6) is 1.02. The Labute approximate surface area is 388 Å². The van der Waals surface area contributed by atoms with Crippen LogP contribution in [-0.2, 0) is 9.59 Å². The van der Waals surface area contributed by atoms with Gasteiger partial charge in [-0.05, 0) is 132 Å². The Hall–Kier alpha value is -6.16. The minimum Gasteiger partial charge on any atom is -0.457 e. The maximum atomic E-state index is 13.9. The number of benzene rings is 3. The third-order valence-electron chi connectivity index (χ3n) is 14.3. The van der Waals surface area contributed by atoms with Gasteiger partial charge in [0, 0.05) is 61.7 Å². The summed E-state index contributed by atoms with van der Waals surface area (Å²) in [6, 6.07) is 19.7. The molecule has 6 heterocycles. The fourth-order valence-corrected chi connectivity index (χ4v) is 10.8. The van der Waals surface area contributed by atoms with Gasteiger partial charge in [-0.15, -0.1) is 0 Å². The summed E-state index contributed by atoms with van der Waals surface area (Å²) in [6.07, 6.45) is 12.1. The lowest BCUT2D eigenvalue weighted by molar-refractivity contribution is -0.136. The molecule has 0 spiro atoms. The molecule has 3 saturated heterocycles. The Morgan fingerprint density at radius 3 is 2.26 bits per heavy atom. The monoisotopic (exact) mass is 911 g/mol. The van der Waals surface area contributed by atoms with Crippen LogP contribution in [0.1, 0.15) is 101 Å². The van der Waals surface area contributed by atoms with E-state index in [0.717, 1.165) is 88.4 Å². The Kier molecular flexibility index (Phi) is 12.6. The second-order valence-corrected chi connectivity index (χ2v) is 18.9. The third kappa shape index (κ3) is 9.16. The van der Waals surface area contributed by atoms with E-state index in [-0.39, 0.29) is 30.6 Å². The van der Waals surface area contributed by atoms with Crippen molar-refractivity contribution in [1.29, 1.82) is 0 Å². The van der Waals surface area contributed by atoms with Crippen molar-refractivity contribution in [2.24, 2.45) is 11.8 Å². The maximum Gasteiger partial charge on any atom is 0.262 e. The second kappa shape index (κ2) is 19.0. The van der Waals surface area contributed by atoms with Gasteiger partial charge in [0.15, 0.2) is 5.78 Å². The number of rotatable bonds is 13. The molecule has 0 radical (unpaired) electrons. The van der Waals surface area contributed by atoms with Gasteiger partial charge in [0.05, 0.1) is 27.1 Å². The number of imide groups is 2. The van der Waals surface area contributed by atoms with Gasteiger partial charge in [0.1, 0.15) is 35.3 Å². The van der Waals surface area contributed by atoms with Crippen molar-refractivity contribution in [2.45, 2.75) is 82.3 Å². The number of hydrogen-bond acceptors (Lipinski definition) is 12. The number of piperidine rings is 3. The summed E-state index contributed by atoms with van der Waals surface area (Å²) in [7, 11) is 0. The van der Waals surface area contributed by atoms with E-state index in [9.17, 15) is 24.0 Å². The normalized spacial score (nSPS) is 22.2. The number of likely N-dealkylation sites (tertiary alicyclic amines) is 1. The number of para-hydroxylation sites is 1. The number of carbonyl (C=O) groups excluding carboxylic acids is 5. The number of nitrogens with zero attached hydrogens (tertiary/aromatic N) is 5. The molecule has 0 bridgehead atoms. The maximum absolute atomic E-state index is 13.9. The predicted octanol–water partition coefficient (Wildman–Crippen LogP) is 6.98. The standard InChI is InChI=1S/C50H54ClN9O6/c51-41-25-36(66-35-4-2-1-3-5-35)11-13-38(41)45(62)40-27-53-46-44(40)47(55-29-54-46)56-33-8-6-32(7-9-33)52-26-30-16-20-58(21-17-30)28-31-18-22-59(23-19-31)34-10-12-37-39(24-34)50(65)60(49(37)64)42-14-15-43(61)57-48(42)63/h1-5,10-13,24-25,27,29-33,42,52H,6-9,14-23,26,28H2,(H,57,61,63)(H2,53,54,55,56). The molecule has 16 heteroatoms. The molecule has 4 N–H and O–H groups in total. The summed E-state index contributed by atoms with van der Waals surface area (Å²) >= 11 is 6.65. The molecular weight excluding hydrogens is 858 g/mol. The smallest absolute Gasteiger partial charge is 0.262 e. The number of ketones is 1. The van der Waals surface area contributed by atoms with Gasteiger partial charge in [0.25, 0.3) is 11.8 Å². The average molecular weight is 912 g/mol. The second-order valence-electron chi connectivity index (χ2n) is 18.5. The molecule has 15 nitrogen and oxygen atoms in total. The first kappa shape index (κ1) is 43.7. The van der Waals surface area contributed by atoms with Crippen LogP contribution in [0.15, 0.2) is 79.3 Å². The van der Waals surface area contributed by atoms with E-state index >= 15 is 0 Å². The molecule has 2 aromatic heterocycles. The molecule has 1 saturated carbocycles. The lowest BCUT2D eigenvalue weighted by Gasteiger charge is -2.39. The van der Waals surface area contributed by atoms with E-state index < -0.39 is 23.8 Å². The number of nitrogens with one attached hydrogen (secondary N) is 4. The highest BCUT2D eigenvalue weighted by Crippen LogP contribution is 2.35. The van der Waals surface area contributed by atoms with Gasteiger partial charge >= 0.3 is 0 Å². The largest absolute Gasteiger partial charge is 0.457 e. The van der Waals surface area contributed by atoms with Gasteiger partial charge in [-0.3, -0.25) is 34.2 Å². The zero-order chi connectivity index (χ0) is 45.3. The van der Waals surface area contributed by atoms with Crippen LogP contribution in [0.25, 0.3) is 11.0 Å². The Bertz CT molecular complexity index is 2650. The number of H-pyrrole nitrogens is 1. The molecule has 4 amide bonds. The third-order valence-corrected chi connectivity index (χ3v) is 14.6. The summed E-state index contributed by atoms with van der Waals surface area (Å²) in [5.41, 5.74) is 3.00. The number of fused-ring (bicyclic) bond motifs is 2. The van der Waals surface area contributed by atoms with Gasteiger partial charge in [-0.1, -0.05) is 29.8 Å². The van der Waals surface area contributed by atoms with Crippen LogP contribution >= 0.6 is 11.6 Å². The van der Waals surface area contributed by atoms with Gasteiger partial charge < -0.3 is 30.2 Å². The topological polar surface area (TPSA) is 182 Å². The molecule has 5 aliphatic rings. The Balaban J connectivity index is 0.650. The van der Waals surface area contributed by atoms with Crippen LogP contribution in [0, 0.1) is 11.8 Å². The number of amides is 4. The summed E-state index contributed by atoms with van der Waals surface area (Å²) in [6.45, 7) is 6.14. The van der Waals surface area contributed by atoms with Crippen molar-refractivity contribution in [1.82, 2.24) is 35.4 Å². The molecular formula is C50H54ClN9O6. The average Bonchev–Trinajstić information content (AvgIpc) is 3.88. The van der Waals surface area contributed by atoms with E-state index in [1.165, 1.54) is 19.2 Å². The number of aromatic amines is 1. The fraction of sp³-hybridized carbons (Fsp3) is 0.420. The molecule has 4 fully saturated rings. The van der Waals surface area contributed by atoms with Crippen LogP contribution in [0.5, 0.6) is 11.5 Å². The van der Waals surface area contributed by atoms with Crippen LogP contribution in [0.4, 0.5) is 11.5 Å². The van der Waals surface area contributed by atoms with E-state index in [1.54, 1.807) is 36.5 Å². The molecule has 342 valence electrons. The SMILES string of the molecule is O=C1CCC(N2C(=O)c3ccc(N4CCC(CN5CCC(CNC6CCC(Nc7ncnc8[nH]cc(C(=O)c9ccc(Oc%10ccccc%10)cc9Cl)c78)CC6)CC5)CC4)cc3C2=O)C(=O)N1. The van der Waals surface area contributed by atoms with Crippen molar-refractivity contribution in [2.75, 3.05) is 49.5 Å². The number of halogens is 1. The summed E-state index contributed by atoms with van der Waals surface area (Å²) in [5, 5.41) is 10.8. The van der Waals surface area contributed by atoms with Gasteiger partial charge in [0.2, 0.25) is 11.8 Å². The molecule has 3 aromatic carbocycles. The van der Waals surface area contributed by atoms with Crippen LogP contribution in [-0.4, -0.2) is 112 Å². The molecule has 1 unspecified atom stereocenters. The molecule has 1 atom stereocenters. The van der Waals surface area contributed by atoms with Gasteiger partial charge in [-0.25, -0.2) is 9.97 Å². The van der Waals surface area contributed by atoms with Crippen molar-refractivity contribution < 1.29 is 28.7 Å². The first-order valence-corrected chi connectivity index (χ1v) is 23.7. The van der Waals surface area contributed by atoms with E-state index in [0.29, 0.717) is 73.5 Å². The lowest BCUT2D eigenvalue weighted by Crippen LogP contribution is -2.54. The fourth-order valence-electron chi connectivity index (χ4n) is 10.5. The molecule has 4 aliphatic heterocycles. The zero-order valence-corrected chi connectivity index (χ0v) is 37.5. The number of carbonyl (C=O) groups is 5. The van der Waals surface area contributed by atoms with Crippen LogP contribution < -0.4 is 25.6 Å². The van der Waals surface area contributed by atoms with Crippen molar-refractivity contribution in [3.63, 3.8) is 0 Å². The predicted molar refractivity (Wildman–Crippen MR) is 250 cm³/mol. The quantitative estimate of drug-likeness (QED) is 0.0704. The highest BCUT2D eigenvalue weighted by atomic mass is 35.5. The van der Waals surface area contributed by atoms with Gasteiger partial charge in [-0.2, -0.15) is 0 Å². The number of anilines is 2. The minimum absolute atomic E-state index is 0.1000. The summed E-state index contributed by atoms with van der Waals surface area (Å²) in [4.78, 5) is 82.7. The number of hydrogen-bond donors (Lipinski definition) is 4. The number of aromatic nitrogens is 3. The summed E-state index contributed by atoms with van der Waals surface area (Å²) < 4.78 is 5.92. The molecule has 10 rings (SSSR count). The van der Waals surface area contributed by atoms with Crippen molar-refractivity contribution in [3.8, 4) is 11.5 Å². The number of ether oxygens (including phenoxy) is 1. The molecule has 5 aromatic rings. The Morgan fingerprint density at radius 1 is 0.758 bits per heavy atom. The van der Waals surface area contributed by atoms with E-state index in [1.807, 2.05) is 36.4 Å². The molecule has 66 heavy (non-hydrogen) atoms.